The average Bonchev–Trinajstić information content (AvgIpc) is 2.66. The molecule has 0 saturated carbocycles. The number of pyridine rings is 1. The number of hydrogen-bond donors (Lipinski definition) is 1. The molecule has 0 spiro atoms. The topological polar surface area (TPSA) is 72.8 Å². The molecular weight excluding hydrogens is 337 g/mol. The van der Waals surface area contributed by atoms with Gasteiger partial charge in [-0.25, -0.2) is 9.18 Å². The Morgan fingerprint density at radius 3 is 2.50 bits per heavy atom. The first-order valence-corrected chi connectivity index (χ1v) is 7.64. The second kappa shape index (κ2) is 8.39. The third-order valence-electron chi connectivity index (χ3n) is 3.18. The van der Waals surface area contributed by atoms with E-state index >= 15 is 0 Å². The van der Waals surface area contributed by atoms with E-state index in [1.54, 1.807) is 48.8 Å². The summed E-state index contributed by atoms with van der Waals surface area (Å²) in [5, 5.41) is 6.08. The molecule has 0 radical (unpaired) electrons. The summed E-state index contributed by atoms with van der Waals surface area (Å²) in [5.41, 5.74) is 1.13. The van der Waals surface area contributed by atoms with E-state index in [2.05, 4.69) is 15.5 Å². The monoisotopic (exact) mass is 351 g/mol. The third-order valence-corrected chi connectivity index (χ3v) is 3.18. The van der Waals surface area contributed by atoms with Crippen LogP contribution in [0.2, 0.25) is 0 Å². The fraction of sp³-hybridized carbons (Fsp3) is 0. The smallest absolute Gasteiger partial charge is 0.437 e. The number of nitrogens with zero attached hydrogens (tertiary/aromatic N) is 2. The molecule has 1 amide bonds. The minimum atomic E-state index is -0.746. The molecule has 1 N–H and O–H groups in total. The number of hydrogen-bond acceptors (Lipinski definition) is 5. The predicted octanol–water partition coefficient (Wildman–Crippen LogP) is 4.60. The highest BCUT2D eigenvalue weighted by Gasteiger charge is 2.03. The molecule has 0 aliphatic rings. The number of nitrogens with one attached hydrogen (secondary N) is 1. The number of anilines is 1. The van der Waals surface area contributed by atoms with Gasteiger partial charge in [-0.1, -0.05) is 17.3 Å². The Hall–Kier alpha value is -3.74. The quantitative estimate of drug-likeness (QED) is 0.414. The van der Waals surface area contributed by atoms with Gasteiger partial charge in [0.15, 0.2) is 0 Å². The fourth-order valence-corrected chi connectivity index (χ4v) is 1.97. The summed E-state index contributed by atoms with van der Waals surface area (Å²) >= 11 is 0. The minimum absolute atomic E-state index is 0.350. The number of halogens is 1. The summed E-state index contributed by atoms with van der Waals surface area (Å²) in [6, 6.07) is 15.9. The van der Waals surface area contributed by atoms with Crippen molar-refractivity contribution in [2.75, 3.05) is 5.32 Å². The number of carbonyl (C=O) groups is 1. The Balaban J connectivity index is 1.50. The summed E-state index contributed by atoms with van der Waals surface area (Å²) in [5.74, 6) is 0.866. The maximum Gasteiger partial charge on any atom is 0.437 e. The molecule has 1 heterocycles. The van der Waals surface area contributed by atoms with Crippen LogP contribution >= 0.6 is 0 Å². The van der Waals surface area contributed by atoms with Crippen LogP contribution in [0.4, 0.5) is 14.9 Å². The number of benzene rings is 2. The average molecular weight is 351 g/mol. The van der Waals surface area contributed by atoms with Crippen LogP contribution in [0.25, 0.3) is 0 Å². The first-order valence-electron chi connectivity index (χ1n) is 7.64. The molecule has 26 heavy (non-hydrogen) atoms. The number of aromatic nitrogens is 1. The Morgan fingerprint density at radius 2 is 1.81 bits per heavy atom. The van der Waals surface area contributed by atoms with Crippen molar-refractivity contribution in [3.8, 4) is 11.5 Å². The van der Waals surface area contributed by atoms with Gasteiger partial charge in [0.05, 0.1) is 12.4 Å². The summed E-state index contributed by atoms with van der Waals surface area (Å²) in [4.78, 5) is 20.3. The van der Waals surface area contributed by atoms with E-state index in [9.17, 15) is 9.18 Å². The number of amides is 1. The first kappa shape index (κ1) is 17.1. The lowest BCUT2D eigenvalue weighted by atomic mass is 10.2. The Labute approximate surface area is 148 Å². The van der Waals surface area contributed by atoms with Gasteiger partial charge in [-0.3, -0.25) is 15.1 Å². The lowest BCUT2D eigenvalue weighted by Crippen LogP contribution is -2.10. The van der Waals surface area contributed by atoms with E-state index in [1.165, 1.54) is 30.5 Å². The Kier molecular flexibility index (Phi) is 5.51. The van der Waals surface area contributed by atoms with Crippen LogP contribution in [0.5, 0.6) is 11.5 Å². The highest BCUT2D eigenvalue weighted by atomic mass is 19.1. The van der Waals surface area contributed by atoms with Crippen LogP contribution in [0.1, 0.15) is 5.56 Å². The van der Waals surface area contributed by atoms with Gasteiger partial charge >= 0.3 is 6.09 Å². The molecule has 0 aliphatic heterocycles. The van der Waals surface area contributed by atoms with E-state index in [4.69, 9.17) is 9.57 Å². The molecule has 0 atom stereocenters. The molecule has 3 aromatic rings. The van der Waals surface area contributed by atoms with Gasteiger partial charge < -0.3 is 4.74 Å². The maximum atomic E-state index is 12.8. The van der Waals surface area contributed by atoms with Crippen molar-refractivity contribution in [1.29, 1.82) is 0 Å². The zero-order chi connectivity index (χ0) is 18.2. The summed E-state index contributed by atoms with van der Waals surface area (Å²) < 4.78 is 18.4. The number of rotatable bonds is 5. The lowest BCUT2D eigenvalue weighted by Gasteiger charge is -2.06. The largest absolute Gasteiger partial charge is 0.456 e. The molecule has 6 nitrogen and oxygen atoms in total. The third kappa shape index (κ3) is 5.13. The van der Waals surface area contributed by atoms with Gasteiger partial charge in [-0.15, -0.1) is 0 Å². The van der Waals surface area contributed by atoms with Gasteiger partial charge in [0.2, 0.25) is 0 Å². The molecule has 0 saturated heterocycles. The summed E-state index contributed by atoms with van der Waals surface area (Å²) in [6.07, 6.45) is 3.82. The summed E-state index contributed by atoms with van der Waals surface area (Å²) in [6.45, 7) is 0. The van der Waals surface area contributed by atoms with Crippen LogP contribution in [0, 0.1) is 5.82 Å². The highest BCUT2D eigenvalue weighted by Crippen LogP contribution is 2.22. The molecule has 0 bridgehead atoms. The van der Waals surface area contributed by atoms with Crippen molar-refractivity contribution in [3.05, 3.63) is 84.4 Å². The highest BCUT2D eigenvalue weighted by molar-refractivity contribution is 5.85. The number of carbonyl (C=O) groups excluding carboxylic acids is 1. The maximum absolute atomic E-state index is 12.8. The number of ether oxygens (including phenoxy) is 1. The Bertz CT molecular complexity index is 882. The van der Waals surface area contributed by atoms with E-state index in [0.29, 0.717) is 22.7 Å². The molecule has 0 aliphatic carbocycles. The minimum Gasteiger partial charge on any atom is -0.456 e. The van der Waals surface area contributed by atoms with Crippen LogP contribution in [0.15, 0.2) is 78.2 Å². The van der Waals surface area contributed by atoms with Gasteiger partial charge in [0.1, 0.15) is 17.3 Å². The SMILES string of the molecule is O=C(Nc1ccc(Oc2cccnc2)cc1)O/N=C/c1ccc(F)cc1. The predicted molar refractivity (Wildman–Crippen MR) is 94.9 cm³/mol. The zero-order valence-corrected chi connectivity index (χ0v) is 13.5. The van der Waals surface area contributed by atoms with Crippen molar-refractivity contribution >= 4 is 18.0 Å². The normalized spacial score (nSPS) is 10.5. The van der Waals surface area contributed by atoms with Gasteiger partial charge in [0, 0.05) is 11.9 Å². The molecule has 3 rings (SSSR count). The van der Waals surface area contributed by atoms with Gasteiger partial charge in [-0.05, 0) is 54.1 Å². The van der Waals surface area contributed by atoms with Crippen molar-refractivity contribution in [2.45, 2.75) is 0 Å². The molecular formula is C19H14FN3O3. The van der Waals surface area contributed by atoms with E-state index in [1.807, 2.05) is 0 Å². The van der Waals surface area contributed by atoms with Gasteiger partial charge in [-0.2, -0.15) is 0 Å². The van der Waals surface area contributed by atoms with Crippen molar-refractivity contribution in [2.24, 2.45) is 5.16 Å². The van der Waals surface area contributed by atoms with Crippen LogP contribution in [-0.2, 0) is 4.84 Å². The van der Waals surface area contributed by atoms with E-state index in [-0.39, 0.29) is 5.82 Å². The molecule has 7 heteroatoms. The first-order chi connectivity index (χ1) is 12.7. The van der Waals surface area contributed by atoms with Gasteiger partial charge in [0.25, 0.3) is 0 Å². The standard InChI is InChI=1S/C19H14FN3O3/c20-15-5-3-14(4-6-15)12-22-26-19(24)23-16-7-9-17(10-8-16)25-18-2-1-11-21-13-18/h1-13H,(H,23,24)/b22-12+. The van der Waals surface area contributed by atoms with Crippen LogP contribution < -0.4 is 10.1 Å². The fourth-order valence-electron chi connectivity index (χ4n) is 1.97. The Morgan fingerprint density at radius 1 is 1.04 bits per heavy atom. The van der Waals surface area contributed by atoms with Crippen molar-refractivity contribution in [3.63, 3.8) is 0 Å². The van der Waals surface area contributed by atoms with Crippen molar-refractivity contribution in [1.82, 2.24) is 4.98 Å². The molecule has 0 fully saturated rings. The van der Waals surface area contributed by atoms with Crippen molar-refractivity contribution < 1.29 is 18.8 Å². The molecule has 0 unspecified atom stereocenters. The van der Waals surface area contributed by atoms with Crippen LogP contribution in [-0.4, -0.2) is 17.3 Å². The lowest BCUT2D eigenvalue weighted by molar-refractivity contribution is 0.167. The molecule has 2 aromatic carbocycles. The zero-order valence-electron chi connectivity index (χ0n) is 13.5. The second-order valence-electron chi connectivity index (χ2n) is 5.10. The molecule has 1 aromatic heterocycles. The summed E-state index contributed by atoms with van der Waals surface area (Å²) in [7, 11) is 0. The van der Waals surface area contributed by atoms with E-state index < -0.39 is 6.09 Å². The number of oxime groups is 1. The molecule has 130 valence electrons. The van der Waals surface area contributed by atoms with Crippen LogP contribution in [0.3, 0.4) is 0 Å². The van der Waals surface area contributed by atoms with E-state index in [0.717, 1.165) is 0 Å². The second-order valence-corrected chi connectivity index (χ2v) is 5.10.